The summed E-state index contributed by atoms with van der Waals surface area (Å²) in [5.41, 5.74) is 7.89. The lowest BCUT2D eigenvalue weighted by molar-refractivity contribution is 0.0861. The minimum Gasteiger partial charge on any atom is -0.444 e. The minimum atomic E-state index is -0.503. The van der Waals surface area contributed by atoms with Gasteiger partial charge >= 0.3 is 6.09 Å². The molecule has 0 unspecified atom stereocenters. The van der Waals surface area contributed by atoms with Gasteiger partial charge in [-0.15, -0.1) is 0 Å². The van der Waals surface area contributed by atoms with Gasteiger partial charge in [-0.1, -0.05) is 18.2 Å². The average molecular weight is 320 g/mol. The zero-order valence-corrected chi connectivity index (χ0v) is 14.1. The topological polar surface area (TPSA) is 84.8 Å². The van der Waals surface area contributed by atoms with Gasteiger partial charge in [0.05, 0.1) is 0 Å². The number of rotatable bonds is 5. The standard InChI is InChI=1S/C17H28N4O2/c1-13(2)21(19)17(22)23-12-15-5-3-4-6-16(15)20-9-7-14(11-18)8-10-20/h3-6,13-14H,7-12,18-19H2,1-2H3. The number of ether oxygens (including phenoxy) is 1. The molecule has 1 aliphatic heterocycles. The van der Waals surface area contributed by atoms with Crippen LogP contribution in [-0.2, 0) is 11.3 Å². The Kier molecular flexibility index (Phi) is 6.24. The van der Waals surface area contributed by atoms with Crippen LogP contribution in [0.4, 0.5) is 10.5 Å². The van der Waals surface area contributed by atoms with Crippen LogP contribution in [0.15, 0.2) is 24.3 Å². The van der Waals surface area contributed by atoms with Gasteiger partial charge in [-0.25, -0.2) is 15.6 Å². The van der Waals surface area contributed by atoms with Crippen LogP contribution in [0.25, 0.3) is 0 Å². The Morgan fingerprint density at radius 3 is 2.61 bits per heavy atom. The summed E-state index contributed by atoms with van der Waals surface area (Å²) >= 11 is 0. The molecule has 0 radical (unpaired) electrons. The number of hydrogen-bond donors (Lipinski definition) is 2. The normalized spacial score (nSPS) is 15.8. The van der Waals surface area contributed by atoms with Gasteiger partial charge in [-0.05, 0) is 45.2 Å². The highest BCUT2D eigenvalue weighted by Gasteiger charge is 2.21. The lowest BCUT2D eigenvalue weighted by Gasteiger charge is -2.34. The molecular weight excluding hydrogens is 292 g/mol. The maximum absolute atomic E-state index is 11.9. The van der Waals surface area contributed by atoms with E-state index < -0.39 is 6.09 Å². The molecule has 128 valence electrons. The first kappa shape index (κ1) is 17.6. The van der Waals surface area contributed by atoms with Crippen LogP contribution < -0.4 is 16.5 Å². The van der Waals surface area contributed by atoms with E-state index in [0.717, 1.165) is 48.7 Å². The molecule has 0 bridgehead atoms. The number of para-hydroxylation sites is 1. The van der Waals surface area contributed by atoms with Crippen LogP contribution in [0.1, 0.15) is 32.3 Å². The van der Waals surface area contributed by atoms with E-state index in [1.165, 1.54) is 0 Å². The molecule has 1 aliphatic rings. The van der Waals surface area contributed by atoms with E-state index in [0.29, 0.717) is 5.92 Å². The van der Waals surface area contributed by atoms with Crippen LogP contribution in [0.5, 0.6) is 0 Å². The number of anilines is 1. The van der Waals surface area contributed by atoms with E-state index in [-0.39, 0.29) is 12.6 Å². The molecule has 1 saturated heterocycles. The highest BCUT2D eigenvalue weighted by Crippen LogP contribution is 2.26. The van der Waals surface area contributed by atoms with Crippen molar-refractivity contribution in [1.29, 1.82) is 0 Å². The maximum Gasteiger partial charge on any atom is 0.424 e. The molecule has 0 atom stereocenters. The number of nitrogens with zero attached hydrogens (tertiary/aromatic N) is 2. The first-order chi connectivity index (χ1) is 11.0. The molecule has 23 heavy (non-hydrogen) atoms. The van der Waals surface area contributed by atoms with Gasteiger partial charge in [0, 0.05) is 30.4 Å². The zero-order valence-electron chi connectivity index (χ0n) is 14.1. The van der Waals surface area contributed by atoms with E-state index in [4.69, 9.17) is 16.3 Å². The number of hydrogen-bond acceptors (Lipinski definition) is 5. The van der Waals surface area contributed by atoms with E-state index in [1.54, 1.807) is 0 Å². The summed E-state index contributed by atoms with van der Waals surface area (Å²) in [6.45, 7) is 6.65. The van der Waals surface area contributed by atoms with Crippen molar-refractivity contribution in [3.8, 4) is 0 Å². The number of carbonyl (C=O) groups is 1. The van der Waals surface area contributed by atoms with Crippen molar-refractivity contribution in [1.82, 2.24) is 5.01 Å². The fourth-order valence-electron chi connectivity index (χ4n) is 2.78. The number of nitrogens with two attached hydrogens (primary N) is 2. The van der Waals surface area contributed by atoms with Gasteiger partial charge in [0.1, 0.15) is 6.61 Å². The van der Waals surface area contributed by atoms with Crippen LogP contribution in [0.2, 0.25) is 0 Å². The molecule has 0 saturated carbocycles. The molecule has 0 aromatic heterocycles. The number of hydrazine groups is 1. The summed E-state index contributed by atoms with van der Waals surface area (Å²) in [7, 11) is 0. The fraction of sp³-hybridized carbons (Fsp3) is 0.588. The van der Waals surface area contributed by atoms with Gasteiger partial charge in [0.25, 0.3) is 0 Å². The summed E-state index contributed by atoms with van der Waals surface area (Å²) in [4.78, 5) is 14.2. The molecule has 1 heterocycles. The van der Waals surface area contributed by atoms with Crippen LogP contribution >= 0.6 is 0 Å². The molecule has 0 spiro atoms. The summed E-state index contributed by atoms with van der Waals surface area (Å²) < 4.78 is 5.34. The third-order valence-corrected chi connectivity index (χ3v) is 4.40. The second-order valence-corrected chi connectivity index (χ2v) is 6.35. The van der Waals surface area contributed by atoms with Gasteiger partial charge in [-0.3, -0.25) is 0 Å². The van der Waals surface area contributed by atoms with Gasteiger partial charge < -0.3 is 15.4 Å². The SMILES string of the molecule is CC(C)N(N)C(=O)OCc1ccccc1N1CCC(CN)CC1. The molecule has 2 rings (SSSR count). The third-order valence-electron chi connectivity index (χ3n) is 4.40. The van der Waals surface area contributed by atoms with Crippen molar-refractivity contribution in [2.45, 2.75) is 39.3 Å². The molecule has 1 aromatic carbocycles. The number of piperidine rings is 1. The van der Waals surface area contributed by atoms with E-state index >= 15 is 0 Å². The lowest BCUT2D eigenvalue weighted by atomic mass is 9.96. The largest absolute Gasteiger partial charge is 0.444 e. The number of amides is 1. The predicted octanol–water partition coefficient (Wildman–Crippen LogP) is 2.08. The Labute approximate surface area is 138 Å². The zero-order chi connectivity index (χ0) is 16.8. The van der Waals surface area contributed by atoms with Crippen molar-refractivity contribution in [2.75, 3.05) is 24.5 Å². The molecular formula is C17H28N4O2. The van der Waals surface area contributed by atoms with Crippen molar-refractivity contribution >= 4 is 11.8 Å². The highest BCUT2D eigenvalue weighted by molar-refractivity contribution is 5.67. The Bertz CT molecular complexity index is 513. The molecule has 1 aromatic rings. The van der Waals surface area contributed by atoms with Crippen molar-refractivity contribution in [2.24, 2.45) is 17.5 Å². The molecule has 6 heteroatoms. The van der Waals surface area contributed by atoms with Crippen molar-refractivity contribution in [3.05, 3.63) is 29.8 Å². The van der Waals surface area contributed by atoms with Gasteiger partial charge in [-0.2, -0.15) is 0 Å². The average Bonchev–Trinajstić information content (AvgIpc) is 2.59. The minimum absolute atomic E-state index is 0.0898. The van der Waals surface area contributed by atoms with Crippen molar-refractivity contribution < 1.29 is 9.53 Å². The van der Waals surface area contributed by atoms with Crippen LogP contribution in [-0.4, -0.2) is 36.8 Å². The van der Waals surface area contributed by atoms with E-state index in [1.807, 2.05) is 32.0 Å². The monoisotopic (exact) mass is 320 g/mol. The Hall–Kier alpha value is -1.79. The first-order valence-electron chi connectivity index (χ1n) is 8.26. The lowest BCUT2D eigenvalue weighted by Crippen LogP contribution is -2.43. The molecule has 1 amide bonds. The number of benzene rings is 1. The third kappa shape index (κ3) is 4.59. The summed E-state index contributed by atoms with van der Waals surface area (Å²) in [6, 6.07) is 7.96. The summed E-state index contributed by atoms with van der Waals surface area (Å²) in [5, 5.41) is 1.11. The smallest absolute Gasteiger partial charge is 0.424 e. The molecule has 0 aliphatic carbocycles. The summed E-state index contributed by atoms with van der Waals surface area (Å²) in [6.07, 6.45) is 1.71. The van der Waals surface area contributed by atoms with Gasteiger partial charge in [0.2, 0.25) is 0 Å². The second kappa shape index (κ2) is 8.17. The Morgan fingerprint density at radius 1 is 1.35 bits per heavy atom. The predicted molar refractivity (Wildman–Crippen MR) is 91.8 cm³/mol. The maximum atomic E-state index is 11.9. The van der Waals surface area contributed by atoms with Gasteiger partial charge in [0.15, 0.2) is 0 Å². The van der Waals surface area contributed by atoms with Crippen molar-refractivity contribution in [3.63, 3.8) is 0 Å². The Balaban J connectivity index is 1.99. The quantitative estimate of drug-likeness (QED) is 0.493. The first-order valence-corrected chi connectivity index (χ1v) is 8.26. The van der Waals surface area contributed by atoms with Crippen LogP contribution in [0, 0.1) is 5.92 Å². The molecule has 4 N–H and O–H groups in total. The second-order valence-electron chi connectivity index (χ2n) is 6.35. The van der Waals surface area contributed by atoms with E-state index in [2.05, 4.69) is 11.0 Å². The van der Waals surface area contributed by atoms with Crippen LogP contribution in [0.3, 0.4) is 0 Å². The molecule has 6 nitrogen and oxygen atoms in total. The fourth-order valence-corrected chi connectivity index (χ4v) is 2.78. The number of carbonyl (C=O) groups excluding carboxylic acids is 1. The Morgan fingerprint density at radius 2 is 2.00 bits per heavy atom. The van der Waals surface area contributed by atoms with E-state index in [9.17, 15) is 4.79 Å². The molecule has 1 fully saturated rings. The summed E-state index contributed by atoms with van der Waals surface area (Å²) in [5.74, 6) is 6.29. The highest BCUT2D eigenvalue weighted by atomic mass is 16.6.